The lowest BCUT2D eigenvalue weighted by molar-refractivity contribution is -0.142. The minimum atomic E-state index is -0.755. The Labute approximate surface area is 161 Å². The van der Waals surface area contributed by atoms with Crippen LogP contribution in [0.2, 0.25) is 0 Å². The second kappa shape index (κ2) is 7.38. The van der Waals surface area contributed by atoms with Gasteiger partial charge in [0.1, 0.15) is 0 Å². The molecule has 28 heavy (non-hydrogen) atoms. The molecule has 4 rings (SSSR count). The lowest BCUT2D eigenvalue weighted by Crippen LogP contribution is -2.39. The minimum Gasteiger partial charge on any atom is -0.481 e. The summed E-state index contributed by atoms with van der Waals surface area (Å²) in [4.78, 5) is 28.0. The van der Waals surface area contributed by atoms with Crippen LogP contribution in [-0.2, 0) is 4.79 Å². The maximum Gasteiger partial charge on any atom is 0.306 e. The predicted molar refractivity (Wildman–Crippen MR) is 102 cm³/mol. The third-order valence-electron chi connectivity index (χ3n) is 5.35. The largest absolute Gasteiger partial charge is 0.481 e. The molecule has 1 fully saturated rings. The molecule has 0 aliphatic heterocycles. The lowest BCUT2D eigenvalue weighted by Gasteiger charge is -2.26. The van der Waals surface area contributed by atoms with E-state index in [0.717, 1.165) is 16.6 Å². The number of carbonyl (C=O) groups is 2. The van der Waals surface area contributed by atoms with Crippen LogP contribution in [-0.4, -0.2) is 43.0 Å². The van der Waals surface area contributed by atoms with Crippen molar-refractivity contribution in [3.05, 3.63) is 47.9 Å². The van der Waals surface area contributed by atoms with Gasteiger partial charge >= 0.3 is 5.97 Å². The second-order valence-corrected chi connectivity index (χ2v) is 7.18. The van der Waals surface area contributed by atoms with E-state index in [4.69, 9.17) is 5.11 Å². The number of rotatable bonds is 4. The zero-order valence-corrected chi connectivity index (χ0v) is 15.5. The van der Waals surface area contributed by atoms with Gasteiger partial charge < -0.3 is 10.4 Å². The molecule has 2 N–H and O–H groups in total. The number of pyridine rings is 1. The fraction of sp³-hybridized carbons (Fsp3) is 0.350. The van der Waals surface area contributed by atoms with E-state index in [1.54, 1.807) is 10.9 Å². The first-order valence-corrected chi connectivity index (χ1v) is 9.34. The Morgan fingerprint density at radius 1 is 1.18 bits per heavy atom. The van der Waals surface area contributed by atoms with E-state index in [9.17, 15) is 9.59 Å². The van der Waals surface area contributed by atoms with Crippen molar-refractivity contribution < 1.29 is 14.7 Å². The molecule has 0 atom stereocenters. The van der Waals surface area contributed by atoms with E-state index in [1.807, 2.05) is 37.3 Å². The van der Waals surface area contributed by atoms with Crippen LogP contribution in [0.1, 0.15) is 41.9 Å². The fourth-order valence-corrected chi connectivity index (χ4v) is 3.72. The monoisotopic (exact) mass is 379 g/mol. The van der Waals surface area contributed by atoms with Gasteiger partial charge in [0, 0.05) is 17.6 Å². The number of amides is 1. The van der Waals surface area contributed by atoms with Crippen LogP contribution >= 0.6 is 0 Å². The minimum absolute atomic E-state index is 0.0283. The van der Waals surface area contributed by atoms with Crippen LogP contribution < -0.4 is 5.32 Å². The molecule has 0 radical (unpaired) electrons. The molecule has 2 aromatic heterocycles. The number of benzene rings is 1. The molecule has 144 valence electrons. The van der Waals surface area contributed by atoms with Gasteiger partial charge in [-0.05, 0) is 56.9 Å². The Kier molecular flexibility index (Phi) is 4.77. The lowest BCUT2D eigenvalue weighted by atomic mass is 9.86. The Morgan fingerprint density at radius 2 is 1.96 bits per heavy atom. The maximum atomic E-state index is 12.7. The Balaban J connectivity index is 1.50. The van der Waals surface area contributed by atoms with Crippen molar-refractivity contribution in [3.63, 3.8) is 0 Å². The summed E-state index contributed by atoms with van der Waals surface area (Å²) in [6, 6.07) is 9.58. The third kappa shape index (κ3) is 3.45. The van der Waals surface area contributed by atoms with Crippen molar-refractivity contribution in [3.8, 4) is 5.69 Å². The van der Waals surface area contributed by atoms with Crippen molar-refractivity contribution in [2.24, 2.45) is 5.92 Å². The summed E-state index contributed by atoms with van der Waals surface area (Å²) in [6.07, 6.45) is 4.23. The molecule has 0 bridgehead atoms. The molecule has 1 amide bonds. The number of carbonyl (C=O) groups excluding carboxylic acids is 1. The van der Waals surface area contributed by atoms with E-state index in [0.29, 0.717) is 31.4 Å². The number of carboxylic acid groups (broad SMARTS) is 1. The molecule has 0 spiro atoms. The van der Waals surface area contributed by atoms with Gasteiger partial charge in [-0.25, -0.2) is 4.68 Å². The molecule has 8 heteroatoms. The van der Waals surface area contributed by atoms with E-state index in [2.05, 4.69) is 20.6 Å². The molecule has 0 unspecified atom stereocenters. The standard InChI is InChI=1S/C20H21N5O3/c1-12-18(19(26)22-15-6-4-13(5-7-15)20(27)28)23-24-25(12)16-8-9-17-14(11-16)3-2-10-21-17/h2-3,8-11,13,15H,4-7H2,1H3,(H,22,26)(H,27,28). The van der Waals surface area contributed by atoms with E-state index in [1.165, 1.54) is 0 Å². The quantitative estimate of drug-likeness (QED) is 0.721. The highest BCUT2D eigenvalue weighted by atomic mass is 16.4. The van der Waals surface area contributed by atoms with Gasteiger partial charge in [0.05, 0.1) is 22.8 Å². The van der Waals surface area contributed by atoms with Crippen LogP contribution in [0, 0.1) is 12.8 Å². The SMILES string of the molecule is Cc1c(C(=O)NC2CCC(C(=O)O)CC2)nnn1-c1ccc2ncccc2c1. The smallest absolute Gasteiger partial charge is 0.306 e. The summed E-state index contributed by atoms with van der Waals surface area (Å²) in [5.41, 5.74) is 2.64. The predicted octanol–water partition coefficient (Wildman–Crippen LogP) is 2.50. The highest BCUT2D eigenvalue weighted by molar-refractivity contribution is 5.93. The van der Waals surface area contributed by atoms with Crippen molar-refractivity contribution in [2.75, 3.05) is 0 Å². The number of nitrogens with zero attached hydrogens (tertiary/aromatic N) is 4. The van der Waals surface area contributed by atoms with Crippen molar-refractivity contribution >= 4 is 22.8 Å². The third-order valence-corrected chi connectivity index (χ3v) is 5.35. The number of hydrogen-bond acceptors (Lipinski definition) is 5. The van der Waals surface area contributed by atoms with Crippen molar-refractivity contribution in [1.82, 2.24) is 25.3 Å². The average molecular weight is 379 g/mol. The first-order valence-electron chi connectivity index (χ1n) is 9.34. The zero-order chi connectivity index (χ0) is 19.7. The Bertz CT molecular complexity index is 1040. The molecule has 1 saturated carbocycles. The number of hydrogen-bond donors (Lipinski definition) is 2. The maximum absolute atomic E-state index is 12.7. The molecule has 1 aliphatic rings. The van der Waals surface area contributed by atoms with Gasteiger partial charge in [-0.2, -0.15) is 0 Å². The van der Waals surface area contributed by atoms with Gasteiger partial charge in [0.25, 0.3) is 5.91 Å². The zero-order valence-electron chi connectivity index (χ0n) is 15.5. The molecule has 3 aromatic rings. The second-order valence-electron chi connectivity index (χ2n) is 7.18. The molecular formula is C20H21N5O3. The van der Waals surface area contributed by atoms with E-state index in [-0.39, 0.29) is 23.6 Å². The van der Waals surface area contributed by atoms with Crippen LogP contribution in [0.4, 0.5) is 0 Å². The fourth-order valence-electron chi connectivity index (χ4n) is 3.72. The Hall–Kier alpha value is -3.29. The summed E-state index contributed by atoms with van der Waals surface area (Å²) in [5.74, 6) is -1.34. The summed E-state index contributed by atoms with van der Waals surface area (Å²) >= 11 is 0. The highest BCUT2D eigenvalue weighted by Crippen LogP contribution is 2.25. The Morgan fingerprint density at radius 3 is 2.71 bits per heavy atom. The number of nitrogens with one attached hydrogen (secondary N) is 1. The van der Waals surface area contributed by atoms with Crippen molar-refractivity contribution in [2.45, 2.75) is 38.6 Å². The number of fused-ring (bicyclic) bond motifs is 1. The van der Waals surface area contributed by atoms with Gasteiger partial charge in [0.15, 0.2) is 5.69 Å². The van der Waals surface area contributed by atoms with Gasteiger partial charge in [-0.1, -0.05) is 11.3 Å². The molecule has 8 nitrogen and oxygen atoms in total. The highest BCUT2D eigenvalue weighted by Gasteiger charge is 2.28. The summed E-state index contributed by atoms with van der Waals surface area (Å²) in [5, 5.41) is 21.3. The first-order chi connectivity index (χ1) is 13.5. The van der Waals surface area contributed by atoms with E-state index < -0.39 is 5.97 Å². The average Bonchev–Trinajstić information content (AvgIpc) is 3.09. The van der Waals surface area contributed by atoms with Crippen LogP contribution in [0.25, 0.3) is 16.6 Å². The molecule has 1 aromatic carbocycles. The van der Waals surface area contributed by atoms with E-state index >= 15 is 0 Å². The molecule has 2 heterocycles. The first kappa shape index (κ1) is 18.1. The van der Waals surface area contributed by atoms with Crippen molar-refractivity contribution in [1.29, 1.82) is 0 Å². The molecule has 1 aliphatic carbocycles. The van der Waals surface area contributed by atoms with Gasteiger partial charge in [-0.3, -0.25) is 14.6 Å². The van der Waals surface area contributed by atoms with Crippen LogP contribution in [0.3, 0.4) is 0 Å². The number of aliphatic carboxylic acids is 1. The topological polar surface area (TPSA) is 110 Å². The number of aromatic nitrogens is 4. The normalized spacial score (nSPS) is 19.5. The van der Waals surface area contributed by atoms with Crippen LogP contribution in [0.5, 0.6) is 0 Å². The van der Waals surface area contributed by atoms with Crippen LogP contribution in [0.15, 0.2) is 36.5 Å². The van der Waals surface area contributed by atoms with Gasteiger partial charge in [-0.15, -0.1) is 5.10 Å². The summed E-state index contributed by atoms with van der Waals surface area (Å²) in [7, 11) is 0. The molecular weight excluding hydrogens is 358 g/mol. The number of carboxylic acids is 1. The summed E-state index contributed by atoms with van der Waals surface area (Å²) < 4.78 is 1.64. The van der Waals surface area contributed by atoms with Gasteiger partial charge in [0.2, 0.25) is 0 Å². The summed E-state index contributed by atoms with van der Waals surface area (Å²) in [6.45, 7) is 1.81. The molecule has 0 saturated heterocycles.